The van der Waals surface area contributed by atoms with Crippen molar-refractivity contribution < 1.29 is 22.0 Å². The fourth-order valence-corrected chi connectivity index (χ4v) is 7.60. The molecule has 0 amide bonds. The zero-order valence-corrected chi connectivity index (χ0v) is 17.0. The summed E-state index contributed by atoms with van der Waals surface area (Å²) in [5.41, 5.74) is -1.98. The van der Waals surface area contributed by atoms with Gasteiger partial charge in [-0.2, -0.15) is 0 Å². The fraction of sp³-hybridized carbons (Fsp3) is 0. The summed E-state index contributed by atoms with van der Waals surface area (Å²) in [4.78, 5) is 0. The van der Waals surface area contributed by atoms with Crippen LogP contribution in [0.3, 0.4) is 0 Å². The molecule has 0 aliphatic heterocycles. The van der Waals surface area contributed by atoms with Crippen LogP contribution in [0.2, 0.25) is 0 Å². The average Bonchev–Trinajstić information content (AvgIpc) is 2.82. The molecule has 0 saturated heterocycles. The topological polar surface area (TPSA) is 0 Å². The van der Waals surface area contributed by atoms with Crippen molar-refractivity contribution >= 4 is 28.3 Å². The predicted molar refractivity (Wildman–Crippen MR) is 117 cm³/mol. The Morgan fingerprint density at radius 2 is 0.903 bits per heavy atom. The van der Waals surface area contributed by atoms with Crippen LogP contribution in [0.25, 0.3) is 0 Å². The van der Waals surface area contributed by atoms with Crippen molar-refractivity contribution in [3.8, 4) is 0 Å². The van der Waals surface area contributed by atoms with E-state index in [1.165, 1.54) is 0 Å². The second kappa shape index (κ2) is 8.52. The lowest BCUT2D eigenvalue weighted by Crippen LogP contribution is -2.30. The normalized spacial score (nSPS) is 11.4. The molecule has 31 heavy (non-hydrogen) atoms. The summed E-state index contributed by atoms with van der Waals surface area (Å²) in [6, 6.07) is 26.1. The molecule has 0 N–H and O–H groups in total. The van der Waals surface area contributed by atoms with E-state index in [1.807, 2.05) is 0 Å². The standard InChI is InChI=1S/C25H16F5P/c26-21-16-20(22(27)24(29)23(21)28)25(30)31(17-10-4-1-5-11-17,18-12-6-2-7-13-18)19-14-8-3-9-15-19/h1-16H. The highest BCUT2D eigenvalue weighted by molar-refractivity contribution is 7.95. The van der Waals surface area contributed by atoms with Crippen LogP contribution in [0.5, 0.6) is 0 Å². The lowest BCUT2D eigenvalue weighted by molar-refractivity contribution is 0.407. The maximum absolute atomic E-state index is 16.5. The van der Waals surface area contributed by atoms with Crippen LogP contribution in [-0.2, 0) is 0 Å². The third-order valence-corrected chi connectivity index (χ3v) is 9.10. The van der Waals surface area contributed by atoms with Gasteiger partial charge in [0.2, 0.25) is 0 Å². The Morgan fingerprint density at radius 1 is 0.516 bits per heavy atom. The minimum Gasteiger partial charge on any atom is -0.205 e. The van der Waals surface area contributed by atoms with E-state index in [9.17, 15) is 17.6 Å². The van der Waals surface area contributed by atoms with Crippen LogP contribution in [0.15, 0.2) is 97.1 Å². The van der Waals surface area contributed by atoms with E-state index < -0.39 is 41.3 Å². The largest absolute Gasteiger partial charge is 0.205 e. The van der Waals surface area contributed by atoms with Crippen molar-refractivity contribution in [2.75, 3.05) is 0 Å². The zero-order valence-electron chi connectivity index (χ0n) is 16.1. The molecular weight excluding hydrogens is 426 g/mol. The van der Waals surface area contributed by atoms with Crippen LogP contribution in [0.4, 0.5) is 22.0 Å². The van der Waals surface area contributed by atoms with Crippen LogP contribution in [0.1, 0.15) is 5.56 Å². The minimum absolute atomic E-state index is 0.382. The maximum Gasteiger partial charge on any atom is 0.198 e. The molecule has 0 aliphatic rings. The molecule has 0 atom stereocenters. The van der Waals surface area contributed by atoms with Gasteiger partial charge in [-0.05, 0) is 22.0 Å². The van der Waals surface area contributed by atoms with Crippen molar-refractivity contribution in [3.63, 3.8) is 0 Å². The first-order chi connectivity index (χ1) is 15.0. The molecule has 0 radical (unpaired) electrons. The highest BCUT2D eigenvalue weighted by Crippen LogP contribution is 2.48. The van der Waals surface area contributed by atoms with Gasteiger partial charge in [0.25, 0.3) is 0 Å². The first kappa shape index (κ1) is 21.1. The van der Waals surface area contributed by atoms with Crippen molar-refractivity contribution in [3.05, 3.63) is 126 Å². The molecule has 0 fully saturated rings. The highest BCUT2D eigenvalue weighted by atomic mass is 31.2. The minimum atomic E-state index is -3.39. The van der Waals surface area contributed by atoms with Gasteiger partial charge in [0.1, 0.15) is 5.55 Å². The molecule has 0 bridgehead atoms. The second-order valence-corrected chi connectivity index (χ2v) is 10.1. The lowest BCUT2D eigenvalue weighted by atomic mass is 10.2. The van der Waals surface area contributed by atoms with E-state index in [4.69, 9.17) is 0 Å². The summed E-state index contributed by atoms with van der Waals surface area (Å²) in [5.74, 6) is -7.44. The van der Waals surface area contributed by atoms with E-state index in [1.54, 1.807) is 91.0 Å². The van der Waals surface area contributed by atoms with Crippen LogP contribution in [0, 0.1) is 23.3 Å². The van der Waals surface area contributed by atoms with Gasteiger partial charge < -0.3 is 0 Å². The first-order valence-corrected chi connectivity index (χ1v) is 11.2. The number of benzene rings is 4. The molecule has 0 heterocycles. The number of rotatable bonds is 4. The zero-order chi connectivity index (χ0) is 22.0. The molecule has 4 rings (SSSR count). The van der Waals surface area contributed by atoms with Gasteiger partial charge in [0.05, 0.1) is 5.56 Å². The average molecular weight is 442 g/mol. The molecule has 156 valence electrons. The van der Waals surface area contributed by atoms with E-state index in [-0.39, 0.29) is 0 Å². The maximum atomic E-state index is 16.5. The number of hydrogen-bond donors (Lipinski definition) is 0. The summed E-state index contributed by atoms with van der Waals surface area (Å²) < 4.78 is 72.9. The molecule has 0 nitrogen and oxygen atoms in total. The molecule has 0 aromatic heterocycles. The Balaban J connectivity index is 2.27. The summed E-state index contributed by atoms with van der Waals surface area (Å²) in [6.45, 7) is -3.39. The third kappa shape index (κ3) is 3.49. The smallest absolute Gasteiger partial charge is 0.198 e. The summed E-state index contributed by atoms with van der Waals surface area (Å²) in [7, 11) is 0. The molecule has 0 aliphatic carbocycles. The van der Waals surface area contributed by atoms with E-state index in [2.05, 4.69) is 0 Å². The predicted octanol–water partition coefficient (Wildman–Crippen LogP) is 5.68. The second-order valence-electron chi connectivity index (χ2n) is 6.82. The molecule has 0 unspecified atom stereocenters. The van der Waals surface area contributed by atoms with Gasteiger partial charge in [-0.25, -0.2) is 22.0 Å². The van der Waals surface area contributed by atoms with Gasteiger partial charge in [0.15, 0.2) is 23.3 Å². The summed E-state index contributed by atoms with van der Waals surface area (Å²) >= 11 is 0. The van der Waals surface area contributed by atoms with Crippen molar-refractivity contribution in [2.24, 2.45) is 0 Å². The Morgan fingerprint density at radius 3 is 1.29 bits per heavy atom. The van der Waals surface area contributed by atoms with E-state index in [0.717, 1.165) is 0 Å². The van der Waals surface area contributed by atoms with Crippen LogP contribution < -0.4 is 15.9 Å². The Kier molecular flexibility index (Phi) is 5.79. The highest BCUT2D eigenvalue weighted by Gasteiger charge is 2.34. The fourth-order valence-electron chi connectivity index (χ4n) is 3.65. The SMILES string of the molecule is FC(c1cc(F)c(F)c(F)c1F)=P(c1ccccc1)(c1ccccc1)c1ccccc1. The van der Waals surface area contributed by atoms with Gasteiger partial charge in [-0.3, -0.25) is 0 Å². The quantitative estimate of drug-likeness (QED) is 0.165. The van der Waals surface area contributed by atoms with Gasteiger partial charge in [-0.1, -0.05) is 91.0 Å². The molecule has 4 aromatic rings. The van der Waals surface area contributed by atoms with Gasteiger partial charge in [-0.15, -0.1) is 0 Å². The van der Waals surface area contributed by atoms with Crippen molar-refractivity contribution in [1.82, 2.24) is 0 Å². The van der Waals surface area contributed by atoms with Crippen LogP contribution >= 0.6 is 6.89 Å². The van der Waals surface area contributed by atoms with Gasteiger partial charge in [0, 0.05) is 6.89 Å². The van der Waals surface area contributed by atoms with Crippen molar-refractivity contribution in [2.45, 2.75) is 0 Å². The molecule has 6 heteroatoms. The Bertz CT molecular complexity index is 1170. The monoisotopic (exact) mass is 442 g/mol. The third-order valence-electron chi connectivity index (χ3n) is 5.05. The molecule has 4 aromatic carbocycles. The Hall–Kier alpha value is -3.17. The van der Waals surface area contributed by atoms with E-state index in [0.29, 0.717) is 22.0 Å². The lowest BCUT2D eigenvalue weighted by Gasteiger charge is -2.29. The summed E-state index contributed by atoms with van der Waals surface area (Å²) in [6.07, 6.45) is 0. The van der Waals surface area contributed by atoms with Crippen LogP contribution in [-0.4, -0.2) is 5.55 Å². The van der Waals surface area contributed by atoms with Crippen molar-refractivity contribution in [1.29, 1.82) is 0 Å². The molecule has 0 saturated carbocycles. The number of hydrogen-bond acceptors (Lipinski definition) is 0. The number of halogens is 5. The first-order valence-electron chi connectivity index (χ1n) is 9.40. The van der Waals surface area contributed by atoms with E-state index >= 15 is 4.39 Å². The Labute approximate surface area is 176 Å². The molecule has 0 spiro atoms. The van der Waals surface area contributed by atoms with Gasteiger partial charge >= 0.3 is 0 Å². The molecular formula is C25H16F5P. The summed E-state index contributed by atoms with van der Waals surface area (Å²) in [5, 5.41) is 1.57.